The van der Waals surface area contributed by atoms with Gasteiger partial charge in [0, 0.05) is 28.7 Å². The van der Waals surface area contributed by atoms with Gasteiger partial charge >= 0.3 is 0 Å². The number of hydrogen-bond acceptors (Lipinski definition) is 3. The standard InChI is InChI=1S/C25H30ClN3O.2ClH/c26-20-7-8-23-21(17-20)22(18-27-23)19-9-13-28(14-10-19)11-3-4-12-29-15-16-30-25-6-2-1-5-24(25)29;;/h1-2,5-8,17-19,27H,3-4,9-16H2;2*1H. The number of anilines is 1. The smallest absolute Gasteiger partial charge is 0.142 e. The highest BCUT2D eigenvalue weighted by molar-refractivity contribution is 6.31. The first-order chi connectivity index (χ1) is 14.8. The number of nitrogens with zero attached hydrogens (tertiary/aromatic N) is 2. The lowest BCUT2D eigenvalue weighted by Gasteiger charge is -2.33. The molecule has 4 nitrogen and oxygen atoms in total. The second kappa shape index (κ2) is 11.5. The number of aromatic nitrogens is 1. The Labute approximate surface area is 208 Å². The monoisotopic (exact) mass is 495 g/mol. The summed E-state index contributed by atoms with van der Waals surface area (Å²) < 4.78 is 5.77. The minimum absolute atomic E-state index is 0. The molecular weight excluding hydrogens is 465 g/mol. The average molecular weight is 497 g/mol. The van der Waals surface area contributed by atoms with Gasteiger partial charge in [0.05, 0.1) is 12.2 Å². The lowest BCUT2D eigenvalue weighted by molar-refractivity contribution is 0.209. The first-order valence-electron chi connectivity index (χ1n) is 11.2. The van der Waals surface area contributed by atoms with Gasteiger partial charge in [-0.1, -0.05) is 23.7 Å². The number of rotatable bonds is 6. The number of unbranched alkanes of at least 4 members (excludes halogenated alkanes) is 1. The number of aromatic amines is 1. The number of likely N-dealkylation sites (tertiary alicyclic amines) is 1. The number of benzene rings is 2. The minimum Gasteiger partial charge on any atom is -0.490 e. The number of piperidine rings is 1. The van der Waals surface area contributed by atoms with Crippen molar-refractivity contribution >= 4 is 53.0 Å². The molecule has 2 aromatic carbocycles. The van der Waals surface area contributed by atoms with Crippen molar-refractivity contribution < 1.29 is 4.74 Å². The maximum Gasteiger partial charge on any atom is 0.142 e. The number of ether oxygens (including phenoxy) is 1. The lowest BCUT2D eigenvalue weighted by Crippen LogP contribution is -2.35. The number of para-hydroxylation sites is 2. The first-order valence-corrected chi connectivity index (χ1v) is 11.6. The summed E-state index contributed by atoms with van der Waals surface area (Å²) >= 11 is 6.23. The molecule has 1 saturated heterocycles. The van der Waals surface area contributed by atoms with Gasteiger partial charge in [-0.15, -0.1) is 24.8 Å². The molecule has 3 aromatic rings. The quantitative estimate of drug-likeness (QED) is 0.394. The van der Waals surface area contributed by atoms with Crippen molar-refractivity contribution in [1.82, 2.24) is 9.88 Å². The summed E-state index contributed by atoms with van der Waals surface area (Å²) in [4.78, 5) is 8.54. The van der Waals surface area contributed by atoms with E-state index in [9.17, 15) is 0 Å². The van der Waals surface area contributed by atoms with Crippen LogP contribution in [0.25, 0.3) is 10.9 Å². The lowest BCUT2D eigenvalue weighted by atomic mass is 9.89. The van der Waals surface area contributed by atoms with Crippen molar-refractivity contribution in [3.05, 3.63) is 59.2 Å². The molecule has 0 bridgehead atoms. The molecule has 0 aliphatic carbocycles. The van der Waals surface area contributed by atoms with Crippen molar-refractivity contribution in [3.63, 3.8) is 0 Å². The van der Waals surface area contributed by atoms with E-state index in [0.717, 1.165) is 30.5 Å². The Hall–Kier alpha value is -1.59. The van der Waals surface area contributed by atoms with Gasteiger partial charge in [-0.3, -0.25) is 0 Å². The van der Waals surface area contributed by atoms with Gasteiger partial charge in [-0.05, 0) is 87.1 Å². The van der Waals surface area contributed by atoms with E-state index in [1.54, 1.807) is 0 Å². The normalized spacial score (nSPS) is 16.7. The van der Waals surface area contributed by atoms with E-state index in [1.807, 2.05) is 6.07 Å². The highest BCUT2D eigenvalue weighted by Crippen LogP contribution is 2.34. The molecule has 0 spiro atoms. The van der Waals surface area contributed by atoms with Gasteiger partial charge in [0.15, 0.2) is 0 Å². The fourth-order valence-corrected chi connectivity index (χ4v) is 5.19. The fourth-order valence-electron chi connectivity index (χ4n) is 5.02. The Bertz CT molecular complexity index is 1000. The Morgan fingerprint density at radius 1 is 0.969 bits per heavy atom. The molecule has 1 N–H and O–H groups in total. The summed E-state index contributed by atoms with van der Waals surface area (Å²) in [7, 11) is 0. The topological polar surface area (TPSA) is 31.5 Å². The van der Waals surface area contributed by atoms with Crippen LogP contribution in [-0.4, -0.2) is 49.2 Å². The minimum atomic E-state index is 0. The van der Waals surface area contributed by atoms with Crippen molar-refractivity contribution in [3.8, 4) is 5.75 Å². The Balaban J connectivity index is 0.00000144. The van der Waals surface area contributed by atoms with E-state index in [2.05, 4.69) is 57.4 Å². The number of fused-ring (bicyclic) bond motifs is 2. The third-order valence-corrected chi connectivity index (χ3v) is 6.92. The molecule has 0 radical (unpaired) electrons. The van der Waals surface area contributed by atoms with Crippen LogP contribution in [0.4, 0.5) is 5.69 Å². The van der Waals surface area contributed by atoms with Crippen LogP contribution in [0.2, 0.25) is 5.02 Å². The van der Waals surface area contributed by atoms with Gasteiger partial charge in [-0.25, -0.2) is 0 Å². The molecule has 0 saturated carbocycles. The van der Waals surface area contributed by atoms with Crippen LogP contribution < -0.4 is 9.64 Å². The predicted molar refractivity (Wildman–Crippen MR) is 140 cm³/mol. The van der Waals surface area contributed by atoms with E-state index >= 15 is 0 Å². The number of H-pyrrole nitrogens is 1. The molecule has 5 rings (SSSR count). The molecule has 2 aliphatic rings. The maximum absolute atomic E-state index is 6.23. The van der Waals surface area contributed by atoms with E-state index < -0.39 is 0 Å². The SMILES string of the molecule is Cl.Cl.Clc1ccc2[nH]cc(C3CCN(CCCCN4CCOc5ccccc54)CC3)c2c1. The highest BCUT2D eigenvalue weighted by Gasteiger charge is 2.23. The van der Waals surface area contributed by atoms with Crippen LogP contribution in [0, 0.1) is 0 Å². The van der Waals surface area contributed by atoms with Gasteiger partial charge in [0.2, 0.25) is 0 Å². The molecular formula is C25H32Cl3N3O. The van der Waals surface area contributed by atoms with Gasteiger partial charge in [0.1, 0.15) is 12.4 Å². The molecule has 32 heavy (non-hydrogen) atoms. The maximum atomic E-state index is 6.23. The third kappa shape index (κ3) is 5.48. The van der Waals surface area contributed by atoms with Crippen molar-refractivity contribution in [2.24, 2.45) is 0 Å². The largest absolute Gasteiger partial charge is 0.490 e. The van der Waals surface area contributed by atoms with Crippen LogP contribution in [-0.2, 0) is 0 Å². The van der Waals surface area contributed by atoms with E-state index in [1.165, 1.54) is 67.5 Å². The molecule has 2 aliphatic heterocycles. The zero-order chi connectivity index (χ0) is 20.3. The molecule has 0 amide bonds. The van der Waals surface area contributed by atoms with Crippen LogP contribution >= 0.6 is 36.4 Å². The Morgan fingerprint density at radius 3 is 2.59 bits per heavy atom. The van der Waals surface area contributed by atoms with E-state index in [0.29, 0.717) is 5.92 Å². The highest BCUT2D eigenvalue weighted by atomic mass is 35.5. The van der Waals surface area contributed by atoms with Crippen LogP contribution in [0.3, 0.4) is 0 Å². The summed E-state index contributed by atoms with van der Waals surface area (Å²) in [5.41, 5.74) is 3.89. The average Bonchev–Trinajstić information content (AvgIpc) is 3.20. The molecule has 7 heteroatoms. The van der Waals surface area contributed by atoms with Gasteiger partial charge in [-0.2, -0.15) is 0 Å². The summed E-state index contributed by atoms with van der Waals surface area (Å²) in [5.74, 6) is 1.67. The van der Waals surface area contributed by atoms with Crippen LogP contribution in [0.5, 0.6) is 5.75 Å². The number of halogens is 3. The molecule has 3 heterocycles. The first kappa shape index (κ1) is 25.0. The second-order valence-electron chi connectivity index (χ2n) is 8.56. The third-order valence-electron chi connectivity index (χ3n) is 6.68. The zero-order valence-corrected chi connectivity index (χ0v) is 20.7. The van der Waals surface area contributed by atoms with Gasteiger partial charge < -0.3 is 19.5 Å². The Kier molecular flexibility index (Phi) is 9.01. The second-order valence-corrected chi connectivity index (χ2v) is 9.00. The van der Waals surface area contributed by atoms with E-state index in [4.69, 9.17) is 16.3 Å². The molecule has 0 atom stereocenters. The number of hydrogen-bond donors (Lipinski definition) is 1. The fraction of sp³-hybridized carbons (Fsp3) is 0.440. The van der Waals surface area contributed by atoms with E-state index in [-0.39, 0.29) is 24.8 Å². The summed E-state index contributed by atoms with van der Waals surface area (Å²) in [6, 6.07) is 14.6. The molecule has 0 unspecified atom stereocenters. The zero-order valence-electron chi connectivity index (χ0n) is 18.3. The predicted octanol–water partition coefficient (Wildman–Crippen LogP) is 6.52. The van der Waals surface area contributed by atoms with Crippen LogP contribution in [0.1, 0.15) is 37.2 Å². The van der Waals surface area contributed by atoms with Crippen molar-refractivity contribution in [2.75, 3.05) is 44.2 Å². The summed E-state index contributed by atoms with van der Waals surface area (Å²) in [6.45, 7) is 6.50. The number of nitrogens with one attached hydrogen (secondary N) is 1. The van der Waals surface area contributed by atoms with Crippen molar-refractivity contribution in [2.45, 2.75) is 31.6 Å². The van der Waals surface area contributed by atoms with Gasteiger partial charge in [0.25, 0.3) is 0 Å². The molecule has 1 aromatic heterocycles. The van der Waals surface area contributed by atoms with Crippen LogP contribution in [0.15, 0.2) is 48.7 Å². The molecule has 1 fully saturated rings. The molecule has 174 valence electrons. The Morgan fingerprint density at radius 2 is 1.75 bits per heavy atom. The summed E-state index contributed by atoms with van der Waals surface area (Å²) in [6.07, 6.45) is 7.15. The summed E-state index contributed by atoms with van der Waals surface area (Å²) in [5, 5.41) is 2.12. The van der Waals surface area contributed by atoms with Crippen molar-refractivity contribution in [1.29, 1.82) is 0 Å².